The van der Waals surface area contributed by atoms with Crippen LogP contribution in [0.2, 0.25) is 0 Å². The Bertz CT molecular complexity index is 473. The average molecular weight is 284 g/mol. The van der Waals surface area contributed by atoms with E-state index in [1.807, 2.05) is 18.2 Å². The van der Waals surface area contributed by atoms with Crippen molar-refractivity contribution in [2.75, 3.05) is 7.11 Å². The molecule has 3 N–H and O–H groups in total. The van der Waals surface area contributed by atoms with Crippen LogP contribution in [-0.2, 0) is 0 Å². The number of aromatic amines is 1. The Morgan fingerprint density at radius 2 is 2.31 bits per heavy atom. The van der Waals surface area contributed by atoms with Gasteiger partial charge in [-0.1, -0.05) is 21.1 Å². The lowest BCUT2D eigenvalue weighted by Gasteiger charge is -2.12. The van der Waals surface area contributed by atoms with Crippen LogP contribution >= 0.6 is 15.9 Å². The largest absolute Gasteiger partial charge is 0.496 e. The number of halogens is 1. The Hall–Kier alpha value is -1.47. The van der Waals surface area contributed by atoms with Gasteiger partial charge in [-0.25, -0.2) is 0 Å². The van der Waals surface area contributed by atoms with Crippen LogP contribution in [0.15, 0.2) is 22.7 Å². The van der Waals surface area contributed by atoms with Gasteiger partial charge in [-0.3, -0.25) is 0 Å². The Labute approximate surface area is 100 Å². The van der Waals surface area contributed by atoms with Gasteiger partial charge in [-0.2, -0.15) is 5.21 Å². The average Bonchev–Trinajstić information content (AvgIpc) is 2.81. The Morgan fingerprint density at radius 3 is 2.94 bits per heavy atom. The molecule has 0 aliphatic heterocycles. The summed E-state index contributed by atoms with van der Waals surface area (Å²) >= 11 is 3.38. The normalized spacial score (nSPS) is 12.4. The smallest absolute Gasteiger partial charge is 0.195 e. The van der Waals surface area contributed by atoms with Gasteiger partial charge in [0.05, 0.1) is 13.2 Å². The first-order chi connectivity index (χ1) is 7.72. The van der Waals surface area contributed by atoms with Gasteiger partial charge >= 0.3 is 0 Å². The number of hydrogen-bond acceptors (Lipinski definition) is 5. The molecule has 0 aliphatic carbocycles. The van der Waals surface area contributed by atoms with Crippen LogP contribution in [-0.4, -0.2) is 27.7 Å². The third-order valence-electron chi connectivity index (χ3n) is 2.17. The molecule has 2 aromatic rings. The molecule has 6 nitrogen and oxygen atoms in total. The monoisotopic (exact) mass is 283 g/mol. The highest BCUT2D eigenvalue weighted by Crippen LogP contribution is 2.29. The molecule has 0 bridgehead atoms. The first-order valence-electron chi connectivity index (χ1n) is 4.54. The number of H-pyrrole nitrogens is 1. The molecule has 1 atom stereocenters. The van der Waals surface area contributed by atoms with Gasteiger partial charge in [0.2, 0.25) is 0 Å². The van der Waals surface area contributed by atoms with Crippen molar-refractivity contribution in [1.82, 2.24) is 20.6 Å². The van der Waals surface area contributed by atoms with Gasteiger partial charge in [0.15, 0.2) is 5.82 Å². The molecule has 0 saturated carbocycles. The molecule has 0 spiro atoms. The summed E-state index contributed by atoms with van der Waals surface area (Å²) in [6.45, 7) is 0. The molecular weight excluding hydrogens is 274 g/mol. The number of benzene rings is 1. The lowest BCUT2D eigenvalue weighted by Crippen LogP contribution is -2.15. The van der Waals surface area contributed by atoms with Crippen molar-refractivity contribution in [3.05, 3.63) is 34.1 Å². The SMILES string of the molecule is COc1ccc(Br)cc1C(N)c1nn[nH]n1. The molecular formula is C9H10BrN5O. The van der Waals surface area contributed by atoms with Crippen LogP contribution in [0.3, 0.4) is 0 Å². The Kier molecular flexibility index (Phi) is 3.16. The van der Waals surface area contributed by atoms with E-state index in [1.165, 1.54) is 0 Å². The highest BCUT2D eigenvalue weighted by molar-refractivity contribution is 9.10. The first kappa shape index (κ1) is 11.0. The van der Waals surface area contributed by atoms with Crippen LogP contribution < -0.4 is 10.5 Å². The fraction of sp³-hybridized carbons (Fsp3) is 0.222. The zero-order valence-electron chi connectivity index (χ0n) is 8.51. The lowest BCUT2D eigenvalue weighted by molar-refractivity contribution is 0.407. The topological polar surface area (TPSA) is 89.7 Å². The molecule has 0 fully saturated rings. The van der Waals surface area contributed by atoms with Crippen LogP contribution in [0.1, 0.15) is 17.4 Å². The van der Waals surface area contributed by atoms with Crippen molar-refractivity contribution in [3.63, 3.8) is 0 Å². The summed E-state index contributed by atoms with van der Waals surface area (Å²) in [5.74, 6) is 1.12. The molecule has 2 rings (SSSR count). The van der Waals surface area contributed by atoms with Crippen molar-refractivity contribution in [2.24, 2.45) is 5.73 Å². The molecule has 84 valence electrons. The van der Waals surface area contributed by atoms with E-state index < -0.39 is 6.04 Å². The highest BCUT2D eigenvalue weighted by Gasteiger charge is 2.18. The minimum Gasteiger partial charge on any atom is -0.496 e. The molecule has 0 saturated heterocycles. The number of nitrogens with one attached hydrogen (secondary N) is 1. The molecule has 1 aromatic carbocycles. The van der Waals surface area contributed by atoms with Gasteiger partial charge in [-0.15, -0.1) is 10.2 Å². The first-order valence-corrected chi connectivity index (χ1v) is 5.34. The number of hydrogen-bond donors (Lipinski definition) is 2. The lowest BCUT2D eigenvalue weighted by atomic mass is 10.1. The van der Waals surface area contributed by atoms with Crippen LogP contribution in [0.25, 0.3) is 0 Å². The van der Waals surface area contributed by atoms with Crippen LogP contribution in [0.4, 0.5) is 0 Å². The summed E-state index contributed by atoms with van der Waals surface area (Å²) in [6, 6.07) is 5.12. The second-order valence-electron chi connectivity index (χ2n) is 3.13. The molecule has 0 amide bonds. The third-order valence-corrected chi connectivity index (χ3v) is 2.66. The van der Waals surface area contributed by atoms with E-state index in [-0.39, 0.29) is 0 Å². The maximum Gasteiger partial charge on any atom is 0.195 e. The predicted molar refractivity (Wildman–Crippen MR) is 60.9 cm³/mol. The van der Waals surface area contributed by atoms with E-state index in [1.54, 1.807) is 7.11 Å². The van der Waals surface area contributed by atoms with Crippen molar-refractivity contribution in [3.8, 4) is 5.75 Å². The summed E-state index contributed by atoms with van der Waals surface area (Å²) in [5.41, 5.74) is 6.82. The van der Waals surface area contributed by atoms with E-state index >= 15 is 0 Å². The molecule has 7 heteroatoms. The van der Waals surface area contributed by atoms with E-state index in [4.69, 9.17) is 10.5 Å². The predicted octanol–water partition coefficient (Wildman–Crippen LogP) is 1.02. The molecule has 0 radical (unpaired) electrons. The maximum absolute atomic E-state index is 6.02. The summed E-state index contributed by atoms with van der Waals surface area (Å²) in [4.78, 5) is 0. The van der Waals surface area contributed by atoms with Crippen molar-refractivity contribution >= 4 is 15.9 Å². The van der Waals surface area contributed by atoms with Gasteiger partial charge in [-0.05, 0) is 18.2 Å². The van der Waals surface area contributed by atoms with Gasteiger partial charge in [0, 0.05) is 10.0 Å². The van der Waals surface area contributed by atoms with E-state index in [2.05, 4.69) is 36.6 Å². The zero-order chi connectivity index (χ0) is 11.5. The third kappa shape index (κ3) is 2.05. The summed E-state index contributed by atoms with van der Waals surface area (Å²) < 4.78 is 6.15. The van der Waals surface area contributed by atoms with E-state index in [0.29, 0.717) is 11.6 Å². The quantitative estimate of drug-likeness (QED) is 0.878. The second kappa shape index (κ2) is 4.58. The second-order valence-corrected chi connectivity index (χ2v) is 4.05. The summed E-state index contributed by atoms with van der Waals surface area (Å²) in [5, 5.41) is 13.6. The minimum atomic E-state index is -0.466. The van der Waals surface area contributed by atoms with Gasteiger partial charge in [0.1, 0.15) is 5.75 Å². The number of nitrogens with two attached hydrogens (primary N) is 1. The molecule has 0 aliphatic rings. The number of rotatable bonds is 3. The van der Waals surface area contributed by atoms with Crippen molar-refractivity contribution in [2.45, 2.75) is 6.04 Å². The van der Waals surface area contributed by atoms with Crippen LogP contribution in [0, 0.1) is 0 Å². The minimum absolute atomic E-state index is 0.427. The highest BCUT2D eigenvalue weighted by atomic mass is 79.9. The fourth-order valence-corrected chi connectivity index (χ4v) is 1.77. The molecule has 1 heterocycles. The van der Waals surface area contributed by atoms with E-state index in [9.17, 15) is 0 Å². The fourth-order valence-electron chi connectivity index (χ4n) is 1.39. The van der Waals surface area contributed by atoms with Crippen molar-refractivity contribution in [1.29, 1.82) is 0 Å². The van der Waals surface area contributed by atoms with Crippen LogP contribution in [0.5, 0.6) is 5.75 Å². The Balaban J connectivity index is 2.42. The number of methoxy groups -OCH3 is 1. The number of aromatic nitrogens is 4. The number of tetrazole rings is 1. The zero-order valence-corrected chi connectivity index (χ0v) is 10.1. The van der Waals surface area contributed by atoms with Crippen molar-refractivity contribution < 1.29 is 4.74 Å². The standard InChI is InChI=1S/C9H10BrN5O/c1-16-7-3-2-5(10)4-6(7)8(11)9-12-14-15-13-9/h2-4,8H,11H2,1H3,(H,12,13,14,15). The molecule has 1 aromatic heterocycles. The molecule has 16 heavy (non-hydrogen) atoms. The maximum atomic E-state index is 6.02. The Morgan fingerprint density at radius 1 is 1.50 bits per heavy atom. The summed E-state index contributed by atoms with van der Waals surface area (Å²) in [6.07, 6.45) is 0. The van der Waals surface area contributed by atoms with Gasteiger partial charge < -0.3 is 10.5 Å². The van der Waals surface area contributed by atoms with E-state index in [0.717, 1.165) is 10.0 Å². The van der Waals surface area contributed by atoms with Gasteiger partial charge in [0.25, 0.3) is 0 Å². The number of nitrogens with zero attached hydrogens (tertiary/aromatic N) is 3. The number of ether oxygens (including phenoxy) is 1. The molecule has 1 unspecified atom stereocenters. The summed E-state index contributed by atoms with van der Waals surface area (Å²) in [7, 11) is 1.59.